The molecule has 0 unspecified atom stereocenters. The maximum atomic E-state index is 14.0. The van der Waals surface area contributed by atoms with E-state index in [0.717, 1.165) is 30.6 Å². The van der Waals surface area contributed by atoms with E-state index in [1.54, 1.807) is 6.07 Å². The number of aryl methyl sites for hydroxylation is 1. The molecular weight excluding hydrogens is 231 g/mol. The quantitative estimate of drug-likeness (QED) is 0.821. The Labute approximate surface area is 106 Å². The summed E-state index contributed by atoms with van der Waals surface area (Å²) < 4.78 is 14.0. The average molecular weight is 248 g/mol. The number of carbonyl (C=O) groups excluding carboxylic acids is 1. The zero-order valence-corrected chi connectivity index (χ0v) is 10.4. The van der Waals surface area contributed by atoms with Crippen LogP contribution in [0.5, 0.6) is 0 Å². The van der Waals surface area contributed by atoms with Gasteiger partial charge in [-0.05, 0) is 25.0 Å². The molecule has 0 bridgehead atoms. The van der Waals surface area contributed by atoms with Crippen molar-refractivity contribution in [1.82, 2.24) is 10.2 Å². The molecule has 0 aromatic heterocycles. The minimum atomic E-state index is -0.173. The third-order valence-electron chi connectivity index (χ3n) is 4.06. The Morgan fingerprint density at radius 2 is 2.28 bits per heavy atom. The molecule has 2 saturated heterocycles. The normalized spacial score (nSPS) is 27.4. The Kier molecular flexibility index (Phi) is 2.82. The lowest BCUT2D eigenvalue weighted by molar-refractivity contribution is -0.130. The minimum Gasteiger partial charge on any atom is -0.337 e. The first-order chi connectivity index (χ1) is 8.68. The SMILES string of the molecule is Cc1cccc(F)c1[C@@H]1NCCN2C(=O)CC[C@@H]12. The summed E-state index contributed by atoms with van der Waals surface area (Å²) in [5.74, 6) is 0.0363. The largest absolute Gasteiger partial charge is 0.337 e. The van der Waals surface area contributed by atoms with E-state index in [1.807, 2.05) is 17.9 Å². The van der Waals surface area contributed by atoms with Crippen LogP contribution in [-0.4, -0.2) is 29.9 Å². The van der Waals surface area contributed by atoms with E-state index in [-0.39, 0.29) is 23.8 Å². The number of hydrogen-bond acceptors (Lipinski definition) is 2. The highest BCUT2D eigenvalue weighted by Crippen LogP contribution is 2.34. The smallest absolute Gasteiger partial charge is 0.223 e. The second-order valence-corrected chi connectivity index (χ2v) is 5.10. The summed E-state index contributed by atoms with van der Waals surface area (Å²) in [4.78, 5) is 13.7. The van der Waals surface area contributed by atoms with Crippen molar-refractivity contribution in [2.24, 2.45) is 0 Å². The monoisotopic (exact) mass is 248 g/mol. The van der Waals surface area contributed by atoms with Gasteiger partial charge in [0, 0.05) is 25.1 Å². The molecule has 1 amide bonds. The van der Waals surface area contributed by atoms with Crippen LogP contribution in [0.3, 0.4) is 0 Å². The highest BCUT2D eigenvalue weighted by Gasteiger charge is 2.40. The molecule has 1 N–H and O–H groups in total. The summed E-state index contributed by atoms with van der Waals surface area (Å²) in [5.41, 5.74) is 1.68. The molecular formula is C14H17FN2O. The van der Waals surface area contributed by atoms with Crippen LogP contribution in [0.2, 0.25) is 0 Å². The topological polar surface area (TPSA) is 32.3 Å². The summed E-state index contributed by atoms with van der Waals surface area (Å²) in [5, 5.41) is 3.38. The molecule has 1 aromatic rings. The van der Waals surface area contributed by atoms with E-state index < -0.39 is 0 Å². The first kappa shape index (κ1) is 11.7. The zero-order valence-electron chi connectivity index (χ0n) is 10.4. The van der Waals surface area contributed by atoms with Crippen molar-refractivity contribution in [3.8, 4) is 0 Å². The van der Waals surface area contributed by atoms with Crippen molar-refractivity contribution >= 4 is 5.91 Å². The Balaban J connectivity index is 1.98. The predicted octanol–water partition coefficient (Wildman–Crippen LogP) is 1.77. The van der Waals surface area contributed by atoms with Crippen molar-refractivity contribution in [2.75, 3.05) is 13.1 Å². The molecule has 2 aliphatic rings. The molecule has 2 aliphatic heterocycles. The molecule has 96 valence electrons. The van der Waals surface area contributed by atoms with Gasteiger partial charge in [-0.15, -0.1) is 0 Å². The first-order valence-corrected chi connectivity index (χ1v) is 6.46. The number of fused-ring (bicyclic) bond motifs is 1. The lowest BCUT2D eigenvalue weighted by Crippen LogP contribution is -2.51. The summed E-state index contributed by atoms with van der Waals surface area (Å²) in [7, 11) is 0. The standard InChI is InChI=1S/C14H17FN2O/c1-9-3-2-4-10(15)13(9)14-11-5-6-12(18)17(11)8-7-16-14/h2-4,11,14,16H,5-8H2,1H3/t11-,14+/m0/s1. The Hall–Kier alpha value is -1.42. The van der Waals surface area contributed by atoms with Crippen LogP contribution in [-0.2, 0) is 4.79 Å². The number of nitrogens with one attached hydrogen (secondary N) is 1. The number of hydrogen-bond donors (Lipinski definition) is 1. The molecule has 2 atom stereocenters. The highest BCUT2D eigenvalue weighted by molar-refractivity contribution is 5.79. The zero-order chi connectivity index (χ0) is 12.7. The van der Waals surface area contributed by atoms with Crippen molar-refractivity contribution in [2.45, 2.75) is 31.8 Å². The lowest BCUT2D eigenvalue weighted by atomic mass is 9.92. The highest BCUT2D eigenvalue weighted by atomic mass is 19.1. The predicted molar refractivity (Wildman–Crippen MR) is 66.6 cm³/mol. The fourth-order valence-electron chi connectivity index (χ4n) is 3.20. The Bertz CT molecular complexity index is 468. The molecule has 2 fully saturated rings. The van der Waals surface area contributed by atoms with Crippen molar-refractivity contribution in [3.63, 3.8) is 0 Å². The second kappa shape index (κ2) is 4.35. The van der Waals surface area contributed by atoms with Crippen LogP contribution in [0, 0.1) is 12.7 Å². The molecule has 0 aliphatic carbocycles. The van der Waals surface area contributed by atoms with E-state index in [1.165, 1.54) is 6.07 Å². The molecule has 1 aromatic carbocycles. The van der Waals surface area contributed by atoms with Crippen molar-refractivity contribution in [3.05, 3.63) is 35.1 Å². The number of piperazine rings is 1. The van der Waals surface area contributed by atoms with Crippen LogP contribution in [0.15, 0.2) is 18.2 Å². The van der Waals surface area contributed by atoms with E-state index >= 15 is 0 Å². The third kappa shape index (κ3) is 1.72. The molecule has 3 nitrogen and oxygen atoms in total. The van der Waals surface area contributed by atoms with Crippen LogP contribution >= 0.6 is 0 Å². The maximum Gasteiger partial charge on any atom is 0.223 e. The Morgan fingerprint density at radius 3 is 3.06 bits per heavy atom. The second-order valence-electron chi connectivity index (χ2n) is 5.10. The van der Waals surface area contributed by atoms with Gasteiger partial charge < -0.3 is 10.2 Å². The van der Waals surface area contributed by atoms with Gasteiger partial charge in [0.15, 0.2) is 0 Å². The fourth-order valence-corrected chi connectivity index (χ4v) is 3.20. The number of rotatable bonds is 1. The van der Waals surface area contributed by atoms with Gasteiger partial charge in [0.1, 0.15) is 5.82 Å². The van der Waals surface area contributed by atoms with Gasteiger partial charge in [-0.3, -0.25) is 4.79 Å². The van der Waals surface area contributed by atoms with Gasteiger partial charge in [-0.2, -0.15) is 0 Å². The average Bonchev–Trinajstić information content (AvgIpc) is 2.72. The van der Waals surface area contributed by atoms with Gasteiger partial charge >= 0.3 is 0 Å². The van der Waals surface area contributed by atoms with Gasteiger partial charge in [-0.1, -0.05) is 12.1 Å². The van der Waals surface area contributed by atoms with Gasteiger partial charge in [-0.25, -0.2) is 4.39 Å². The van der Waals surface area contributed by atoms with Crippen LogP contribution in [0.4, 0.5) is 4.39 Å². The number of benzene rings is 1. The van der Waals surface area contributed by atoms with Crippen LogP contribution in [0.1, 0.15) is 30.0 Å². The first-order valence-electron chi connectivity index (χ1n) is 6.46. The minimum absolute atomic E-state index is 0.0635. The lowest BCUT2D eigenvalue weighted by Gasteiger charge is -2.38. The molecule has 18 heavy (non-hydrogen) atoms. The summed E-state index contributed by atoms with van der Waals surface area (Å²) in [6.45, 7) is 3.41. The van der Waals surface area contributed by atoms with Crippen LogP contribution in [0.25, 0.3) is 0 Å². The fraction of sp³-hybridized carbons (Fsp3) is 0.500. The van der Waals surface area contributed by atoms with Crippen LogP contribution < -0.4 is 5.32 Å². The molecule has 0 radical (unpaired) electrons. The van der Waals surface area contributed by atoms with Gasteiger partial charge in [0.25, 0.3) is 0 Å². The number of nitrogens with zero attached hydrogens (tertiary/aromatic N) is 1. The summed E-state index contributed by atoms with van der Waals surface area (Å²) in [6, 6.07) is 5.21. The molecule has 2 heterocycles. The number of amides is 1. The summed E-state index contributed by atoms with van der Waals surface area (Å²) in [6.07, 6.45) is 1.42. The third-order valence-corrected chi connectivity index (χ3v) is 4.06. The summed E-state index contributed by atoms with van der Waals surface area (Å²) >= 11 is 0. The molecule has 0 spiro atoms. The molecule has 4 heteroatoms. The van der Waals surface area contributed by atoms with E-state index in [9.17, 15) is 9.18 Å². The number of carbonyl (C=O) groups is 1. The maximum absolute atomic E-state index is 14.0. The van der Waals surface area contributed by atoms with Crippen molar-refractivity contribution < 1.29 is 9.18 Å². The van der Waals surface area contributed by atoms with Crippen molar-refractivity contribution in [1.29, 1.82) is 0 Å². The van der Waals surface area contributed by atoms with E-state index in [0.29, 0.717) is 6.42 Å². The van der Waals surface area contributed by atoms with Gasteiger partial charge in [0.05, 0.1) is 12.1 Å². The Morgan fingerprint density at radius 1 is 1.44 bits per heavy atom. The molecule has 3 rings (SSSR count). The van der Waals surface area contributed by atoms with E-state index in [2.05, 4.69) is 5.32 Å². The molecule has 0 saturated carbocycles. The number of halogens is 1. The van der Waals surface area contributed by atoms with Gasteiger partial charge in [0.2, 0.25) is 5.91 Å². The van der Waals surface area contributed by atoms with E-state index in [4.69, 9.17) is 0 Å².